The van der Waals surface area contributed by atoms with Crippen LogP contribution in [0.2, 0.25) is 0 Å². The summed E-state index contributed by atoms with van der Waals surface area (Å²) >= 11 is 0. The molecule has 22 heavy (non-hydrogen) atoms. The summed E-state index contributed by atoms with van der Waals surface area (Å²) in [5, 5.41) is 13.2. The van der Waals surface area contributed by atoms with Crippen molar-refractivity contribution in [3.8, 4) is 22.6 Å². The maximum absolute atomic E-state index is 13.9. The SMILES string of the molecule is OCc1c(-c2cc(F)ccc2F)noc1-c1ccccc1F. The predicted octanol–water partition coefficient (Wildman–Crippen LogP) is 3.92. The highest BCUT2D eigenvalue weighted by Gasteiger charge is 2.22. The Kier molecular flexibility index (Phi) is 3.68. The monoisotopic (exact) mass is 305 g/mol. The Hall–Kier alpha value is -2.60. The van der Waals surface area contributed by atoms with Crippen LogP contribution in [-0.2, 0) is 6.61 Å². The molecule has 3 nitrogen and oxygen atoms in total. The van der Waals surface area contributed by atoms with Crippen molar-refractivity contribution in [3.63, 3.8) is 0 Å². The fourth-order valence-electron chi connectivity index (χ4n) is 2.20. The zero-order chi connectivity index (χ0) is 15.7. The van der Waals surface area contributed by atoms with Crippen LogP contribution >= 0.6 is 0 Å². The molecule has 0 aliphatic rings. The zero-order valence-corrected chi connectivity index (χ0v) is 11.2. The molecule has 0 aliphatic carbocycles. The van der Waals surface area contributed by atoms with Crippen LogP contribution in [0.1, 0.15) is 5.56 Å². The van der Waals surface area contributed by atoms with Gasteiger partial charge in [-0.1, -0.05) is 17.3 Å². The lowest BCUT2D eigenvalue weighted by molar-refractivity contribution is 0.281. The van der Waals surface area contributed by atoms with Crippen LogP contribution in [0.25, 0.3) is 22.6 Å². The van der Waals surface area contributed by atoms with Crippen LogP contribution in [0.4, 0.5) is 13.2 Å². The minimum atomic E-state index is -0.718. The molecule has 0 saturated heterocycles. The highest BCUT2D eigenvalue weighted by molar-refractivity contribution is 5.73. The van der Waals surface area contributed by atoms with E-state index in [0.717, 1.165) is 18.2 Å². The van der Waals surface area contributed by atoms with Crippen LogP contribution < -0.4 is 0 Å². The van der Waals surface area contributed by atoms with Gasteiger partial charge < -0.3 is 9.63 Å². The Morgan fingerprint density at radius 1 is 0.955 bits per heavy atom. The second-order valence-electron chi connectivity index (χ2n) is 4.60. The Balaban J connectivity index is 2.20. The van der Waals surface area contributed by atoms with Crippen LogP contribution in [0.15, 0.2) is 47.0 Å². The van der Waals surface area contributed by atoms with E-state index >= 15 is 0 Å². The minimum absolute atomic E-state index is 0.0146. The van der Waals surface area contributed by atoms with Gasteiger partial charge in [0, 0.05) is 5.56 Å². The standard InChI is InChI=1S/C16H10F3NO2/c17-9-5-6-14(19)11(7-9)15-12(8-21)16(22-20-15)10-3-1-2-4-13(10)18/h1-7,21H,8H2. The van der Waals surface area contributed by atoms with Gasteiger partial charge in [0.15, 0.2) is 5.76 Å². The second kappa shape index (κ2) is 5.65. The third kappa shape index (κ3) is 2.37. The number of rotatable bonds is 3. The van der Waals surface area contributed by atoms with E-state index in [-0.39, 0.29) is 28.1 Å². The first-order valence-electron chi connectivity index (χ1n) is 6.41. The summed E-state index contributed by atoms with van der Waals surface area (Å²) in [6, 6.07) is 8.61. The average molecular weight is 305 g/mol. The Bertz CT molecular complexity index is 830. The molecule has 1 N–H and O–H groups in total. The summed E-state index contributed by atoms with van der Waals surface area (Å²) in [4.78, 5) is 0. The molecule has 112 valence electrons. The first-order valence-corrected chi connectivity index (χ1v) is 6.41. The number of aliphatic hydroxyl groups is 1. The van der Waals surface area contributed by atoms with E-state index in [1.807, 2.05) is 0 Å². The topological polar surface area (TPSA) is 46.3 Å². The second-order valence-corrected chi connectivity index (χ2v) is 4.60. The van der Waals surface area contributed by atoms with E-state index in [1.165, 1.54) is 18.2 Å². The highest BCUT2D eigenvalue weighted by Crippen LogP contribution is 2.34. The van der Waals surface area contributed by atoms with Crippen LogP contribution in [-0.4, -0.2) is 10.3 Å². The Morgan fingerprint density at radius 3 is 2.41 bits per heavy atom. The van der Waals surface area contributed by atoms with Crippen molar-refractivity contribution in [2.75, 3.05) is 0 Å². The third-order valence-electron chi connectivity index (χ3n) is 3.25. The molecular formula is C16H10F3NO2. The largest absolute Gasteiger partial charge is 0.391 e. The Labute approximate surface area is 123 Å². The molecule has 6 heteroatoms. The van der Waals surface area contributed by atoms with Gasteiger partial charge in [0.05, 0.1) is 17.7 Å². The maximum atomic E-state index is 13.9. The van der Waals surface area contributed by atoms with Gasteiger partial charge in [0.25, 0.3) is 0 Å². The molecule has 3 rings (SSSR count). The van der Waals surface area contributed by atoms with Gasteiger partial charge in [0.2, 0.25) is 0 Å². The maximum Gasteiger partial charge on any atom is 0.175 e. The molecule has 0 bridgehead atoms. The van der Waals surface area contributed by atoms with Crippen molar-refractivity contribution < 1.29 is 22.8 Å². The lowest BCUT2D eigenvalue weighted by Crippen LogP contribution is -1.93. The van der Waals surface area contributed by atoms with Gasteiger partial charge in [-0.15, -0.1) is 0 Å². The lowest BCUT2D eigenvalue weighted by Gasteiger charge is -2.03. The van der Waals surface area contributed by atoms with Gasteiger partial charge in [-0.2, -0.15) is 0 Å². The molecule has 1 heterocycles. The van der Waals surface area contributed by atoms with E-state index in [1.54, 1.807) is 6.07 Å². The van der Waals surface area contributed by atoms with E-state index < -0.39 is 24.1 Å². The number of aliphatic hydroxyl groups excluding tert-OH is 1. The minimum Gasteiger partial charge on any atom is -0.391 e. The average Bonchev–Trinajstić information content (AvgIpc) is 2.93. The molecule has 2 aromatic carbocycles. The van der Waals surface area contributed by atoms with Crippen molar-refractivity contribution >= 4 is 0 Å². The molecule has 0 amide bonds. The van der Waals surface area contributed by atoms with E-state index in [2.05, 4.69) is 5.16 Å². The summed E-state index contributed by atoms with van der Waals surface area (Å²) < 4.78 is 46.1. The van der Waals surface area contributed by atoms with Crippen molar-refractivity contribution in [1.29, 1.82) is 0 Å². The van der Waals surface area contributed by atoms with E-state index in [0.29, 0.717) is 0 Å². The van der Waals surface area contributed by atoms with Gasteiger partial charge in [-0.25, -0.2) is 13.2 Å². The highest BCUT2D eigenvalue weighted by atomic mass is 19.1. The molecule has 0 saturated carbocycles. The first-order chi connectivity index (χ1) is 10.6. The smallest absolute Gasteiger partial charge is 0.175 e. The van der Waals surface area contributed by atoms with Gasteiger partial charge >= 0.3 is 0 Å². The predicted molar refractivity (Wildman–Crippen MR) is 73.2 cm³/mol. The van der Waals surface area contributed by atoms with Gasteiger partial charge in [-0.3, -0.25) is 0 Å². The van der Waals surface area contributed by atoms with Crippen molar-refractivity contribution in [2.45, 2.75) is 6.61 Å². The van der Waals surface area contributed by atoms with Gasteiger partial charge in [0.1, 0.15) is 23.1 Å². The number of hydrogen-bond acceptors (Lipinski definition) is 3. The number of aromatic nitrogens is 1. The molecule has 0 aliphatic heterocycles. The quantitative estimate of drug-likeness (QED) is 0.798. The van der Waals surface area contributed by atoms with Crippen molar-refractivity contribution in [2.24, 2.45) is 0 Å². The lowest BCUT2D eigenvalue weighted by atomic mass is 10.0. The number of halogens is 3. The summed E-state index contributed by atoms with van der Waals surface area (Å²) in [5.74, 6) is -1.96. The van der Waals surface area contributed by atoms with Crippen molar-refractivity contribution in [3.05, 3.63) is 65.5 Å². The van der Waals surface area contributed by atoms with E-state index in [9.17, 15) is 18.3 Å². The molecule has 1 aromatic heterocycles. The molecular weight excluding hydrogens is 295 g/mol. The van der Waals surface area contributed by atoms with Crippen LogP contribution in [0.5, 0.6) is 0 Å². The number of nitrogens with zero attached hydrogens (tertiary/aromatic N) is 1. The van der Waals surface area contributed by atoms with Crippen LogP contribution in [0.3, 0.4) is 0 Å². The summed E-state index contributed by atoms with van der Waals surface area (Å²) in [6.07, 6.45) is 0. The van der Waals surface area contributed by atoms with E-state index in [4.69, 9.17) is 4.52 Å². The molecule has 0 atom stereocenters. The molecule has 0 radical (unpaired) electrons. The fraction of sp³-hybridized carbons (Fsp3) is 0.0625. The molecule has 0 unspecified atom stereocenters. The van der Waals surface area contributed by atoms with Crippen molar-refractivity contribution in [1.82, 2.24) is 5.16 Å². The molecule has 3 aromatic rings. The number of benzene rings is 2. The first kappa shape index (κ1) is 14.3. The van der Waals surface area contributed by atoms with Gasteiger partial charge in [-0.05, 0) is 30.3 Å². The fourth-order valence-corrected chi connectivity index (χ4v) is 2.20. The number of hydrogen-bond donors (Lipinski definition) is 1. The Morgan fingerprint density at radius 2 is 1.68 bits per heavy atom. The summed E-state index contributed by atoms with van der Waals surface area (Å²) in [5.41, 5.74) is -0.0372. The third-order valence-corrected chi connectivity index (χ3v) is 3.25. The summed E-state index contributed by atoms with van der Waals surface area (Å²) in [6.45, 7) is -0.557. The summed E-state index contributed by atoms with van der Waals surface area (Å²) in [7, 11) is 0. The zero-order valence-electron chi connectivity index (χ0n) is 11.2. The molecule has 0 fully saturated rings. The molecule has 0 spiro atoms. The van der Waals surface area contributed by atoms with Crippen LogP contribution in [0, 0.1) is 17.5 Å². The normalized spacial score (nSPS) is 10.9.